The first-order valence-electron chi connectivity index (χ1n) is 6.05. The minimum Gasteiger partial charge on any atom is -0.478 e. The first-order chi connectivity index (χ1) is 8.59. The number of carboxylic acid groups (broad SMARTS) is 1. The Kier molecular flexibility index (Phi) is 4.09. The number of anilines is 1. The van der Waals surface area contributed by atoms with Crippen LogP contribution in [-0.4, -0.2) is 49.2 Å². The average molecular weight is 269 g/mol. The van der Waals surface area contributed by atoms with Gasteiger partial charge in [-0.2, -0.15) is 0 Å². The van der Waals surface area contributed by atoms with Gasteiger partial charge in [-0.3, -0.25) is 0 Å². The summed E-state index contributed by atoms with van der Waals surface area (Å²) in [6, 6.07) is 5.04. The number of carboxylic acids is 1. The summed E-state index contributed by atoms with van der Waals surface area (Å²) in [6.07, 6.45) is 1.01. The molecule has 0 bridgehead atoms. The lowest BCUT2D eigenvalue weighted by Gasteiger charge is -2.25. The number of likely N-dealkylation sites (N-methyl/N-ethyl adjacent to an activating group) is 1. The van der Waals surface area contributed by atoms with E-state index in [0.29, 0.717) is 10.7 Å². The quantitative estimate of drug-likeness (QED) is 0.893. The second kappa shape index (κ2) is 5.59. The molecule has 1 N–H and O–H groups in total. The van der Waals surface area contributed by atoms with Crippen molar-refractivity contribution in [1.82, 2.24) is 4.90 Å². The molecule has 0 aliphatic carbocycles. The van der Waals surface area contributed by atoms with E-state index >= 15 is 0 Å². The van der Waals surface area contributed by atoms with Crippen molar-refractivity contribution in [3.8, 4) is 0 Å². The van der Waals surface area contributed by atoms with Crippen molar-refractivity contribution >= 4 is 23.3 Å². The number of hydrogen-bond donors (Lipinski definition) is 1. The molecule has 0 atom stereocenters. The fraction of sp³-hybridized carbons (Fsp3) is 0.462. The maximum atomic E-state index is 11.3. The van der Waals surface area contributed by atoms with E-state index < -0.39 is 5.97 Å². The van der Waals surface area contributed by atoms with E-state index in [1.54, 1.807) is 18.2 Å². The molecule has 18 heavy (non-hydrogen) atoms. The number of aromatic carboxylic acids is 1. The van der Waals surface area contributed by atoms with Gasteiger partial charge in [-0.25, -0.2) is 4.79 Å². The summed E-state index contributed by atoms with van der Waals surface area (Å²) in [4.78, 5) is 15.6. The van der Waals surface area contributed by atoms with Gasteiger partial charge in [0.25, 0.3) is 0 Å². The number of carbonyl (C=O) groups is 1. The van der Waals surface area contributed by atoms with Gasteiger partial charge >= 0.3 is 5.97 Å². The Morgan fingerprint density at radius 3 is 2.78 bits per heavy atom. The second-order valence-corrected chi connectivity index (χ2v) is 4.99. The molecule has 1 heterocycles. The Bertz CT molecular complexity index is 451. The Labute approximate surface area is 112 Å². The van der Waals surface area contributed by atoms with Gasteiger partial charge in [0, 0.05) is 19.6 Å². The van der Waals surface area contributed by atoms with Crippen LogP contribution < -0.4 is 4.90 Å². The van der Waals surface area contributed by atoms with Crippen LogP contribution >= 0.6 is 11.6 Å². The van der Waals surface area contributed by atoms with Crippen LogP contribution in [0.25, 0.3) is 0 Å². The highest BCUT2D eigenvalue weighted by atomic mass is 35.5. The van der Waals surface area contributed by atoms with E-state index in [-0.39, 0.29) is 5.56 Å². The topological polar surface area (TPSA) is 43.8 Å². The summed E-state index contributed by atoms with van der Waals surface area (Å²) in [6.45, 7) is 3.60. The van der Waals surface area contributed by atoms with Crippen molar-refractivity contribution in [2.24, 2.45) is 0 Å². The molecule has 1 aliphatic heterocycles. The monoisotopic (exact) mass is 268 g/mol. The lowest BCUT2D eigenvalue weighted by atomic mass is 10.1. The van der Waals surface area contributed by atoms with Crippen LogP contribution in [0.3, 0.4) is 0 Å². The highest BCUT2D eigenvalue weighted by Gasteiger charge is 2.20. The van der Waals surface area contributed by atoms with Crippen molar-refractivity contribution < 1.29 is 9.90 Å². The van der Waals surface area contributed by atoms with Crippen molar-refractivity contribution in [3.05, 3.63) is 28.8 Å². The van der Waals surface area contributed by atoms with Crippen LogP contribution in [0.4, 0.5) is 5.69 Å². The molecule has 1 aliphatic rings. The fourth-order valence-electron chi connectivity index (χ4n) is 2.28. The minimum atomic E-state index is -0.926. The Morgan fingerprint density at radius 2 is 2.06 bits per heavy atom. The van der Waals surface area contributed by atoms with Gasteiger partial charge in [0.2, 0.25) is 0 Å². The molecule has 5 heteroatoms. The predicted octanol–water partition coefficient (Wildman–Crippen LogP) is 2.18. The van der Waals surface area contributed by atoms with Gasteiger partial charge in [0.1, 0.15) is 0 Å². The largest absolute Gasteiger partial charge is 0.478 e. The van der Waals surface area contributed by atoms with Gasteiger partial charge < -0.3 is 14.9 Å². The SMILES string of the molecule is CN1CCCN(c2c(Cl)cccc2C(=O)O)CC1. The van der Waals surface area contributed by atoms with Crippen LogP contribution in [0.15, 0.2) is 18.2 Å². The first-order valence-corrected chi connectivity index (χ1v) is 6.42. The highest BCUT2D eigenvalue weighted by Crippen LogP contribution is 2.30. The molecule has 0 saturated carbocycles. The normalized spacial score (nSPS) is 17.6. The molecule has 4 nitrogen and oxygen atoms in total. The number of nitrogens with zero attached hydrogens (tertiary/aromatic N) is 2. The first kappa shape index (κ1) is 13.2. The lowest BCUT2D eigenvalue weighted by Crippen LogP contribution is -2.30. The van der Waals surface area contributed by atoms with E-state index in [0.717, 1.165) is 32.6 Å². The number of hydrogen-bond acceptors (Lipinski definition) is 3. The summed E-state index contributed by atoms with van der Waals surface area (Å²) in [7, 11) is 2.08. The fourth-order valence-corrected chi connectivity index (χ4v) is 2.57. The Hall–Kier alpha value is -1.26. The zero-order chi connectivity index (χ0) is 13.1. The molecule has 1 saturated heterocycles. The molecule has 0 radical (unpaired) electrons. The molecule has 1 aromatic rings. The molecule has 0 aromatic heterocycles. The van der Waals surface area contributed by atoms with Crippen LogP contribution in [0, 0.1) is 0 Å². The van der Waals surface area contributed by atoms with E-state index in [1.165, 1.54) is 0 Å². The standard InChI is InChI=1S/C13H17ClN2O2/c1-15-6-3-7-16(9-8-15)12-10(13(17)18)4-2-5-11(12)14/h2,4-5H,3,6-9H2,1H3,(H,17,18). The molecular formula is C13H17ClN2O2. The summed E-state index contributed by atoms with van der Waals surface area (Å²) in [5.74, 6) is -0.926. The molecule has 1 aromatic carbocycles. The maximum absolute atomic E-state index is 11.3. The van der Waals surface area contributed by atoms with Crippen LogP contribution in [0.5, 0.6) is 0 Å². The Morgan fingerprint density at radius 1 is 1.28 bits per heavy atom. The smallest absolute Gasteiger partial charge is 0.337 e. The van der Waals surface area contributed by atoms with Gasteiger partial charge in [-0.15, -0.1) is 0 Å². The minimum absolute atomic E-state index is 0.284. The third kappa shape index (κ3) is 2.76. The number of benzene rings is 1. The second-order valence-electron chi connectivity index (χ2n) is 4.59. The number of rotatable bonds is 2. The summed E-state index contributed by atoms with van der Waals surface area (Å²) in [5, 5.41) is 9.76. The third-order valence-corrected chi connectivity index (χ3v) is 3.56. The molecule has 0 unspecified atom stereocenters. The van der Waals surface area contributed by atoms with E-state index in [9.17, 15) is 9.90 Å². The average Bonchev–Trinajstić information content (AvgIpc) is 2.53. The molecule has 1 fully saturated rings. The molecule has 0 amide bonds. The Balaban J connectivity index is 2.34. The van der Waals surface area contributed by atoms with Gasteiger partial charge in [-0.1, -0.05) is 17.7 Å². The van der Waals surface area contributed by atoms with Crippen molar-refractivity contribution in [2.75, 3.05) is 38.1 Å². The molecule has 2 rings (SSSR count). The van der Waals surface area contributed by atoms with Gasteiger partial charge in [-0.05, 0) is 32.1 Å². The van der Waals surface area contributed by atoms with Crippen LogP contribution in [0.2, 0.25) is 5.02 Å². The highest BCUT2D eigenvalue weighted by molar-refractivity contribution is 6.34. The zero-order valence-electron chi connectivity index (χ0n) is 10.4. The van der Waals surface area contributed by atoms with E-state index in [2.05, 4.69) is 16.8 Å². The van der Waals surface area contributed by atoms with E-state index in [4.69, 9.17) is 11.6 Å². The van der Waals surface area contributed by atoms with Crippen LogP contribution in [0.1, 0.15) is 16.8 Å². The molecule has 98 valence electrons. The number of halogens is 1. The number of para-hydroxylation sites is 1. The van der Waals surface area contributed by atoms with E-state index in [1.807, 2.05) is 0 Å². The van der Waals surface area contributed by atoms with Gasteiger partial charge in [0.05, 0.1) is 16.3 Å². The van der Waals surface area contributed by atoms with Crippen molar-refractivity contribution in [2.45, 2.75) is 6.42 Å². The summed E-state index contributed by atoms with van der Waals surface area (Å²) >= 11 is 6.18. The van der Waals surface area contributed by atoms with Crippen molar-refractivity contribution in [3.63, 3.8) is 0 Å². The van der Waals surface area contributed by atoms with Crippen LogP contribution in [-0.2, 0) is 0 Å². The molecule has 0 spiro atoms. The lowest BCUT2D eigenvalue weighted by molar-refractivity contribution is 0.0697. The predicted molar refractivity (Wildman–Crippen MR) is 72.7 cm³/mol. The third-order valence-electron chi connectivity index (χ3n) is 3.25. The maximum Gasteiger partial charge on any atom is 0.337 e. The summed E-state index contributed by atoms with van der Waals surface area (Å²) in [5.41, 5.74) is 0.939. The molecular weight excluding hydrogens is 252 g/mol. The zero-order valence-corrected chi connectivity index (χ0v) is 11.2. The van der Waals surface area contributed by atoms with Gasteiger partial charge in [0.15, 0.2) is 0 Å². The summed E-state index contributed by atoms with van der Waals surface area (Å²) < 4.78 is 0. The van der Waals surface area contributed by atoms with Crippen molar-refractivity contribution in [1.29, 1.82) is 0 Å².